The third kappa shape index (κ3) is 9.15. The zero-order valence-electron chi connectivity index (χ0n) is 22.9. The summed E-state index contributed by atoms with van der Waals surface area (Å²) in [5.41, 5.74) is 1.18. The summed E-state index contributed by atoms with van der Waals surface area (Å²) >= 11 is 0. The molecule has 0 bridgehead atoms. The standard InChI is InChI=1S/C33H36F3NO3/c1-2-3-4-5-6-7-8-9-10-11-14-26-19-20-27(30-16-13-12-15-29(26)30)24-37(31(38)32(39)40)23-25-17-21-28(22-18-25)33(34,35)36/h12-13,15-22H,2-10,23-24H2,1H3,(H,39,40). The van der Waals surface area contributed by atoms with Gasteiger partial charge in [-0.15, -0.1) is 0 Å². The minimum absolute atomic E-state index is 0.0152. The van der Waals surface area contributed by atoms with E-state index in [1.165, 1.54) is 57.1 Å². The number of benzene rings is 3. The molecule has 4 nitrogen and oxygen atoms in total. The second-order valence-corrected chi connectivity index (χ2v) is 10.0. The van der Waals surface area contributed by atoms with E-state index in [1.54, 1.807) is 0 Å². The molecule has 0 aliphatic heterocycles. The van der Waals surface area contributed by atoms with Gasteiger partial charge in [-0.05, 0) is 46.5 Å². The summed E-state index contributed by atoms with van der Waals surface area (Å²) < 4.78 is 38.8. The number of fused-ring (bicyclic) bond motifs is 1. The lowest BCUT2D eigenvalue weighted by atomic mass is 9.99. The van der Waals surface area contributed by atoms with Gasteiger partial charge in [-0.25, -0.2) is 4.79 Å². The Bertz CT molecular complexity index is 1340. The van der Waals surface area contributed by atoms with E-state index in [9.17, 15) is 27.9 Å². The highest BCUT2D eigenvalue weighted by atomic mass is 19.4. The van der Waals surface area contributed by atoms with Crippen LogP contribution in [0.3, 0.4) is 0 Å². The molecule has 0 spiro atoms. The molecule has 0 heterocycles. The number of amides is 1. The number of carboxylic acid groups (broad SMARTS) is 1. The Kier molecular flexibility index (Phi) is 11.6. The number of nitrogens with zero attached hydrogens (tertiary/aromatic N) is 1. The van der Waals surface area contributed by atoms with Gasteiger partial charge in [0, 0.05) is 25.1 Å². The fraction of sp³-hybridized carbons (Fsp3) is 0.394. The fourth-order valence-electron chi connectivity index (χ4n) is 4.67. The van der Waals surface area contributed by atoms with Gasteiger partial charge in [-0.2, -0.15) is 13.2 Å². The fourth-order valence-corrected chi connectivity index (χ4v) is 4.67. The highest BCUT2D eigenvalue weighted by Gasteiger charge is 2.30. The molecule has 0 radical (unpaired) electrons. The van der Waals surface area contributed by atoms with Gasteiger partial charge in [0.15, 0.2) is 0 Å². The third-order valence-electron chi connectivity index (χ3n) is 6.88. The summed E-state index contributed by atoms with van der Waals surface area (Å²) in [6, 6.07) is 15.7. The molecule has 1 N–H and O–H groups in total. The van der Waals surface area contributed by atoms with E-state index in [1.807, 2.05) is 36.4 Å². The summed E-state index contributed by atoms with van der Waals surface area (Å²) in [5, 5.41) is 11.1. The van der Waals surface area contributed by atoms with E-state index in [4.69, 9.17) is 0 Å². The Morgan fingerprint density at radius 3 is 2.05 bits per heavy atom. The van der Waals surface area contributed by atoms with Crippen LogP contribution in [0.4, 0.5) is 13.2 Å². The second kappa shape index (κ2) is 15.1. The van der Waals surface area contributed by atoms with Gasteiger partial charge in [0.1, 0.15) is 0 Å². The van der Waals surface area contributed by atoms with E-state index in [0.717, 1.165) is 51.8 Å². The summed E-state index contributed by atoms with van der Waals surface area (Å²) in [4.78, 5) is 25.2. The molecule has 0 fully saturated rings. The Hall–Kier alpha value is -3.79. The maximum atomic E-state index is 12.9. The van der Waals surface area contributed by atoms with Crippen molar-refractivity contribution in [2.24, 2.45) is 0 Å². The van der Waals surface area contributed by atoms with Crippen LogP contribution in [0.25, 0.3) is 10.8 Å². The van der Waals surface area contributed by atoms with Gasteiger partial charge in [-0.3, -0.25) is 4.79 Å². The molecule has 212 valence electrons. The van der Waals surface area contributed by atoms with Crippen molar-refractivity contribution in [1.29, 1.82) is 0 Å². The average molecular weight is 552 g/mol. The number of hydrogen-bond donors (Lipinski definition) is 1. The highest BCUT2D eigenvalue weighted by Crippen LogP contribution is 2.30. The van der Waals surface area contributed by atoms with Crippen LogP contribution in [-0.2, 0) is 28.9 Å². The normalized spacial score (nSPS) is 11.2. The van der Waals surface area contributed by atoms with Crippen LogP contribution >= 0.6 is 0 Å². The molecule has 0 aromatic heterocycles. The molecule has 0 unspecified atom stereocenters. The first-order valence-electron chi connectivity index (χ1n) is 13.9. The van der Waals surface area contributed by atoms with Crippen LogP contribution in [0.15, 0.2) is 60.7 Å². The zero-order valence-corrected chi connectivity index (χ0v) is 22.9. The van der Waals surface area contributed by atoms with Crippen molar-refractivity contribution in [3.05, 3.63) is 82.9 Å². The number of carbonyl (C=O) groups is 2. The van der Waals surface area contributed by atoms with Crippen molar-refractivity contribution in [3.63, 3.8) is 0 Å². The maximum absolute atomic E-state index is 12.9. The molecule has 40 heavy (non-hydrogen) atoms. The third-order valence-corrected chi connectivity index (χ3v) is 6.88. The van der Waals surface area contributed by atoms with E-state index in [0.29, 0.717) is 5.56 Å². The van der Waals surface area contributed by atoms with Gasteiger partial charge >= 0.3 is 18.1 Å². The van der Waals surface area contributed by atoms with Crippen LogP contribution in [0.5, 0.6) is 0 Å². The van der Waals surface area contributed by atoms with Crippen molar-refractivity contribution in [3.8, 4) is 11.8 Å². The van der Waals surface area contributed by atoms with Gasteiger partial charge in [-0.1, -0.05) is 106 Å². The molecule has 3 aromatic rings. The lowest BCUT2D eigenvalue weighted by molar-refractivity contribution is -0.156. The summed E-state index contributed by atoms with van der Waals surface area (Å²) in [6.07, 6.45) is 6.28. The van der Waals surface area contributed by atoms with Crippen LogP contribution in [0.1, 0.15) is 87.0 Å². The Balaban J connectivity index is 1.72. The predicted octanol–water partition coefficient (Wildman–Crippen LogP) is 8.35. The smallest absolute Gasteiger partial charge is 0.416 e. The summed E-state index contributed by atoms with van der Waals surface area (Å²) in [6.45, 7) is 2.06. The molecule has 7 heteroatoms. The lowest BCUT2D eigenvalue weighted by Gasteiger charge is -2.22. The van der Waals surface area contributed by atoms with Crippen molar-refractivity contribution in [2.45, 2.75) is 84.0 Å². The molecular formula is C33H36F3NO3. The molecular weight excluding hydrogens is 515 g/mol. The Morgan fingerprint density at radius 1 is 0.800 bits per heavy atom. The topological polar surface area (TPSA) is 57.6 Å². The molecule has 0 atom stereocenters. The largest absolute Gasteiger partial charge is 0.474 e. The van der Waals surface area contributed by atoms with Crippen molar-refractivity contribution >= 4 is 22.6 Å². The van der Waals surface area contributed by atoms with Crippen molar-refractivity contribution in [1.82, 2.24) is 4.90 Å². The first kappa shape index (κ1) is 30.7. The van der Waals surface area contributed by atoms with E-state index >= 15 is 0 Å². The number of hydrogen-bond acceptors (Lipinski definition) is 2. The van der Waals surface area contributed by atoms with Gasteiger partial charge in [0.2, 0.25) is 0 Å². The first-order chi connectivity index (χ1) is 19.2. The molecule has 0 aliphatic rings. The van der Waals surface area contributed by atoms with Crippen LogP contribution in [-0.4, -0.2) is 21.9 Å². The number of carbonyl (C=O) groups excluding carboxylic acids is 1. The van der Waals surface area contributed by atoms with Crippen LogP contribution in [0, 0.1) is 11.8 Å². The predicted molar refractivity (Wildman–Crippen MR) is 151 cm³/mol. The lowest BCUT2D eigenvalue weighted by Crippen LogP contribution is -2.35. The van der Waals surface area contributed by atoms with Crippen LogP contribution in [0.2, 0.25) is 0 Å². The SMILES string of the molecule is CCCCCCCCCCC#Cc1ccc(CN(Cc2ccc(C(F)(F)F)cc2)C(=O)C(=O)O)c2ccccc12. The van der Waals surface area contributed by atoms with Crippen molar-refractivity contribution < 1.29 is 27.9 Å². The van der Waals surface area contributed by atoms with Gasteiger partial charge < -0.3 is 10.0 Å². The number of alkyl halides is 3. The number of aliphatic carboxylic acids is 1. The van der Waals surface area contributed by atoms with Gasteiger partial charge in [0.05, 0.1) is 5.56 Å². The molecule has 0 aliphatic carbocycles. The molecule has 0 saturated carbocycles. The minimum atomic E-state index is -4.48. The Morgan fingerprint density at radius 2 is 1.43 bits per heavy atom. The Labute approximate surface area is 234 Å². The quantitative estimate of drug-likeness (QED) is 0.140. The molecule has 0 saturated heterocycles. The number of halogens is 3. The van der Waals surface area contributed by atoms with Crippen molar-refractivity contribution in [2.75, 3.05) is 0 Å². The molecule has 3 aromatic carbocycles. The number of unbranched alkanes of at least 4 members (excludes halogenated alkanes) is 8. The van der Waals surface area contributed by atoms with E-state index in [2.05, 4.69) is 18.8 Å². The van der Waals surface area contributed by atoms with E-state index < -0.39 is 23.6 Å². The van der Waals surface area contributed by atoms with Crippen LogP contribution < -0.4 is 0 Å². The van der Waals surface area contributed by atoms with E-state index in [-0.39, 0.29) is 13.1 Å². The van der Waals surface area contributed by atoms with Gasteiger partial charge in [0.25, 0.3) is 0 Å². The number of rotatable bonds is 12. The molecule has 3 rings (SSSR count). The first-order valence-corrected chi connectivity index (χ1v) is 13.9. The number of carboxylic acids is 1. The summed E-state index contributed by atoms with van der Waals surface area (Å²) in [7, 11) is 0. The highest BCUT2D eigenvalue weighted by molar-refractivity contribution is 6.31. The monoisotopic (exact) mass is 551 g/mol. The second-order valence-electron chi connectivity index (χ2n) is 10.0. The maximum Gasteiger partial charge on any atom is 0.416 e. The summed E-state index contributed by atoms with van der Waals surface area (Å²) in [5.74, 6) is 3.79. The zero-order chi connectivity index (χ0) is 29.0. The minimum Gasteiger partial charge on any atom is -0.474 e. The molecule has 1 amide bonds. The average Bonchev–Trinajstić information content (AvgIpc) is 2.94.